The van der Waals surface area contributed by atoms with Gasteiger partial charge in [0.15, 0.2) is 6.29 Å². The predicted molar refractivity (Wildman–Crippen MR) is 81.0 cm³/mol. The molecule has 1 aliphatic rings. The Balaban J connectivity index is 1.82. The highest BCUT2D eigenvalue weighted by molar-refractivity contribution is 7.13. The van der Waals surface area contributed by atoms with Crippen LogP contribution in [0.15, 0.2) is 17.5 Å². The summed E-state index contributed by atoms with van der Waals surface area (Å²) in [6.07, 6.45) is 3.35. The second kappa shape index (κ2) is 5.76. The average Bonchev–Trinajstić information content (AvgIpc) is 3.18. The first-order chi connectivity index (χ1) is 9.79. The van der Waals surface area contributed by atoms with Gasteiger partial charge < -0.3 is 10.6 Å². The summed E-state index contributed by atoms with van der Waals surface area (Å²) in [5.41, 5.74) is 7.27. The van der Waals surface area contributed by atoms with Gasteiger partial charge in [0.1, 0.15) is 11.5 Å². The van der Waals surface area contributed by atoms with Crippen molar-refractivity contribution in [1.29, 1.82) is 0 Å². The normalized spacial score (nSPS) is 15.8. The minimum absolute atomic E-state index is 0.475. The van der Waals surface area contributed by atoms with E-state index in [4.69, 9.17) is 5.73 Å². The molecule has 5 nitrogen and oxygen atoms in total. The van der Waals surface area contributed by atoms with Crippen LogP contribution in [0.4, 0.5) is 5.82 Å². The third kappa shape index (κ3) is 2.48. The van der Waals surface area contributed by atoms with Crippen molar-refractivity contribution in [1.82, 2.24) is 14.7 Å². The predicted octanol–water partition coefficient (Wildman–Crippen LogP) is 2.10. The molecule has 2 aromatic heterocycles. The molecule has 106 valence electrons. The maximum Gasteiger partial charge on any atom is 0.156 e. The van der Waals surface area contributed by atoms with E-state index in [1.54, 1.807) is 16.0 Å². The van der Waals surface area contributed by atoms with Gasteiger partial charge in [0.05, 0.1) is 17.0 Å². The lowest BCUT2D eigenvalue weighted by atomic mass is 10.2. The Morgan fingerprint density at radius 3 is 2.80 bits per heavy atom. The van der Waals surface area contributed by atoms with Gasteiger partial charge in [0, 0.05) is 6.54 Å². The summed E-state index contributed by atoms with van der Waals surface area (Å²) < 4.78 is 1.76. The molecule has 2 aromatic rings. The standard InChI is InChI=1S/C14H18N4OS/c15-14-11(10-19)13(12-4-3-9-20-12)16-18(14)8-7-17-5-1-2-6-17/h3-4,9-10H,1-2,5-8,15H2. The summed E-state index contributed by atoms with van der Waals surface area (Å²) in [5.74, 6) is 0.475. The molecule has 3 rings (SSSR count). The van der Waals surface area contributed by atoms with Gasteiger partial charge in [-0.05, 0) is 37.4 Å². The van der Waals surface area contributed by atoms with E-state index in [1.807, 2.05) is 17.5 Å². The van der Waals surface area contributed by atoms with Gasteiger partial charge >= 0.3 is 0 Å². The second-order valence-corrected chi connectivity index (χ2v) is 5.96. The number of nitrogens with two attached hydrogens (primary N) is 1. The maximum atomic E-state index is 11.3. The number of nitrogens with zero attached hydrogens (tertiary/aromatic N) is 3. The molecule has 0 aromatic carbocycles. The number of likely N-dealkylation sites (tertiary alicyclic amines) is 1. The van der Waals surface area contributed by atoms with E-state index in [0.29, 0.717) is 17.1 Å². The van der Waals surface area contributed by atoms with Crippen LogP contribution in [0.2, 0.25) is 0 Å². The van der Waals surface area contributed by atoms with Gasteiger partial charge in [-0.25, -0.2) is 4.68 Å². The summed E-state index contributed by atoms with van der Waals surface area (Å²) in [6.45, 7) is 3.98. The molecular formula is C14H18N4OS. The Bertz CT molecular complexity index is 585. The number of nitrogen functional groups attached to an aromatic ring is 1. The smallest absolute Gasteiger partial charge is 0.156 e. The molecule has 0 saturated carbocycles. The van der Waals surface area contributed by atoms with Crippen molar-refractivity contribution in [2.45, 2.75) is 19.4 Å². The molecule has 2 N–H and O–H groups in total. The molecule has 3 heterocycles. The Hall–Kier alpha value is -1.66. The van der Waals surface area contributed by atoms with Gasteiger partial charge in [-0.3, -0.25) is 4.79 Å². The van der Waals surface area contributed by atoms with Crippen LogP contribution >= 0.6 is 11.3 Å². The molecule has 0 atom stereocenters. The fraction of sp³-hybridized carbons (Fsp3) is 0.429. The summed E-state index contributed by atoms with van der Waals surface area (Å²) >= 11 is 1.57. The maximum absolute atomic E-state index is 11.3. The number of rotatable bonds is 5. The number of aromatic nitrogens is 2. The van der Waals surface area contributed by atoms with Crippen molar-refractivity contribution < 1.29 is 4.79 Å². The number of carbonyl (C=O) groups is 1. The summed E-state index contributed by atoms with van der Waals surface area (Å²) in [7, 11) is 0. The van der Waals surface area contributed by atoms with E-state index in [1.165, 1.54) is 12.8 Å². The lowest BCUT2D eigenvalue weighted by Crippen LogP contribution is -2.25. The summed E-state index contributed by atoms with van der Waals surface area (Å²) in [5, 5.41) is 6.50. The highest BCUT2D eigenvalue weighted by atomic mass is 32.1. The molecular weight excluding hydrogens is 272 g/mol. The van der Waals surface area contributed by atoms with Crippen LogP contribution in [0.3, 0.4) is 0 Å². The van der Waals surface area contributed by atoms with Gasteiger partial charge in [-0.1, -0.05) is 6.07 Å². The SMILES string of the molecule is Nc1c(C=O)c(-c2cccs2)nn1CCN1CCCC1. The van der Waals surface area contributed by atoms with E-state index < -0.39 is 0 Å². The molecule has 1 fully saturated rings. The molecule has 0 radical (unpaired) electrons. The third-order valence-corrected chi connectivity index (χ3v) is 4.61. The van der Waals surface area contributed by atoms with E-state index in [0.717, 1.165) is 37.3 Å². The minimum Gasteiger partial charge on any atom is -0.383 e. The molecule has 0 unspecified atom stereocenters. The van der Waals surface area contributed by atoms with Crippen LogP contribution in [0.5, 0.6) is 0 Å². The van der Waals surface area contributed by atoms with Crippen molar-refractivity contribution in [2.75, 3.05) is 25.4 Å². The summed E-state index contributed by atoms with van der Waals surface area (Å²) in [6, 6.07) is 3.91. The van der Waals surface area contributed by atoms with Crippen LogP contribution in [-0.2, 0) is 6.54 Å². The molecule has 1 saturated heterocycles. The average molecular weight is 290 g/mol. The molecule has 0 amide bonds. The quantitative estimate of drug-likeness (QED) is 0.857. The lowest BCUT2D eigenvalue weighted by Gasteiger charge is -2.14. The first kappa shape index (κ1) is 13.3. The summed E-state index contributed by atoms with van der Waals surface area (Å²) in [4.78, 5) is 14.7. The number of thiophene rings is 1. The van der Waals surface area contributed by atoms with Gasteiger partial charge in [-0.2, -0.15) is 5.10 Å². The topological polar surface area (TPSA) is 64.2 Å². The minimum atomic E-state index is 0.475. The number of hydrogen-bond acceptors (Lipinski definition) is 5. The molecule has 0 aliphatic carbocycles. The molecule has 1 aliphatic heterocycles. The zero-order chi connectivity index (χ0) is 13.9. The zero-order valence-corrected chi connectivity index (χ0v) is 12.1. The van der Waals surface area contributed by atoms with E-state index in [-0.39, 0.29) is 0 Å². The first-order valence-electron chi connectivity index (χ1n) is 6.87. The van der Waals surface area contributed by atoms with Crippen LogP contribution in [0, 0.1) is 0 Å². The van der Waals surface area contributed by atoms with Crippen LogP contribution in [0.1, 0.15) is 23.2 Å². The zero-order valence-electron chi connectivity index (χ0n) is 11.3. The Kier molecular flexibility index (Phi) is 3.84. The van der Waals surface area contributed by atoms with Crippen molar-refractivity contribution in [3.05, 3.63) is 23.1 Å². The number of hydrogen-bond donors (Lipinski definition) is 1. The molecule has 20 heavy (non-hydrogen) atoms. The number of aldehydes is 1. The number of anilines is 1. The largest absolute Gasteiger partial charge is 0.383 e. The van der Waals surface area contributed by atoms with Gasteiger partial charge in [0.25, 0.3) is 0 Å². The number of carbonyl (C=O) groups excluding carboxylic acids is 1. The van der Waals surface area contributed by atoms with Crippen molar-refractivity contribution in [3.63, 3.8) is 0 Å². The Morgan fingerprint density at radius 2 is 2.15 bits per heavy atom. The first-order valence-corrected chi connectivity index (χ1v) is 7.75. The Morgan fingerprint density at radius 1 is 1.35 bits per heavy atom. The van der Waals surface area contributed by atoms with Crippen LogP contribution in [-0.4, -0.2) is 40.6 Å². The fourth-order valence-corrected chi connectivity index (χ4v) is 3.34. The van der Waals surface area contributed by atoms with E-state index in [9.17, 15) is 4.79 Å². The highest BCUT2D eigenvalue weighted by Gasteiger charge is 2.18. The van der Waals surface area contributed by atoms with Crippen LogP contribution < -0.4 is 5.73 Å². The van der Waals surface area contributed by atoms with Gasteiger partial charge in [-0.15, -0.1) is 11.3 Å². The van der Waals surface area contributed by atoms with Crippen molar-refractivity contribution in [3.8, 4) is 10.6 Å². The highest BCUT2D eigenvalue weighted by Crippen LogP contribution is 2.29. The molecule has 0 spiro atoms. The van der Waals surface area contributed by atoms with Crippen molar-refractivity contribution in [2.24, 2.45) is 0 Å². The molecule has 0 bridgehead atoms. The molecule has 6 heteroatoms. The fourth-order valence-electron chi connectivity index (χ4n) is 2.61. The lowest BCUT2D eigenvalue weighted by molar-refractivity contribution is 0.112. The Labute approximate surface area is 122 Å². The van der Waals surface area contributed by atoms with E-state index >= 15 is 0 Å². The second-order valence-electron chi connectivity index (χ2n) is 5.01. The van der Waals surface area contributed by atoms with Crippen molar-refractivity contribution >= 4 is 23.4 Å². The monoisotopic (exact) mass is 290 g/mol. The third-order valence-electron chi connectivity index (χ3n) is 3.73. The van der Waals surface area contributed by atoms with Gasteiger partial charge in [0.2, 0.25) is 0 Å². The van der Waals surface area contributed by atoms with E-state index in [2.05, 4.69) is 10.00 Å². The van der Waals surface area contributed by atoms with Crippen LogP contribution in [0.25, 0.3) is 10.6 Å².